The lowest BCUT2D eigenvalue weighted by molar-refractivity contribution is 0.0937. The fourth-order valence-electron chi connectivity index (χ4n) is 2.82. The minimum atomic E-state index is -0.704. The van der Waals surface area contributed by atoms with Gasteiger partial charge in [-0.2, -0.15) is 0 Å². The molecule has 0 aromatic heterocycles. The van der Waals surface area contributed by atoms with E-state index in [1.807, 2.05) is 30.3 Å². The van der Waals surface area contributed by atoms with E-state index in [9.17, 15) is 14.7 Å². The summed E-state index contributed by atoms with van der Waals surface area (Å²) in [4.78, 5) is 24.4. The molecule has 25 heavy (non-hydrogen) atoms. The Bertz CT molecular complexity index is 936. The highest BCUT2D eigenvalue weighted by molar-refractivity contribution is 6.15. The minimum Gasteiger partial charge on any atom is -0.508 e. The summed E-state index contributed by atoms with van der Waals surface area (Å²) in [6, 6.07) is 17.7. The molecule has 0 aliphatic carbocycles. The molecule has 0 heterocycles. The summed E-state index contributed by atoms with van der Waals surface area (Å²) in [5.74, 6) is -1.06. The smallest absolute Gasteiger partial charge is 0.252 e. The van der Waals surface area contributed by atoms with Crippen molar-refractivity contribution in [3.63, 3.8) is 0 Å². The van der Waals surface area contributed by atoms with Crippen LogP contribution in [-0.4, -0.2) is 23.5 Å². The number of primary amides is 1. The van der Waals surface area contributed by atoms with E-state index >= 15 is 0 Å². The average Bonchev–Trinajstić information content (AvgIpc) is 2.61. The summed E-state index contributed by atoms with van der Waals surface area (Å²) in [5.41, 5.74) is 6.92. The van der Waals surface area contributed by atoms with Gasteiger partial charge in [-0.05, 0) is 41.0 Å². The molecule has 5 nitrogen and oxygen atoms in total. The van der Waals surface area contributed by atoms with Crippen LogP contribution in [0, 0.1) is 0 Å². The van der Waals surface area contributed by atoms with Crippen LogP contribution in [-0.2, 0) is 6.42 Å². The number of aromatic hydroxyl groups is 1. The Kier molecular flexibility index (Phi) is 4.66. The highest BCUT2D eigenvalue weighted by atomic mass is 16.3. The number of nitrogens with two attached hydrogens (primary N) is 1. The molecule has 3 aromatic rings. The molecular weight excluding hydrogens is 316 g/mol. The van der Waals surface area contributed by atoms with Gasteiger partial charge >= 0.3 is 0 Å². The van der Waals surface area contributed by atoms with Gasteiger partial charge in [0.2, 0.25) is 5.91 Å². The lowest BCUT2D eigenvalue weighted by atomic mass is 9.97. The number of carbonyl (C=O) groups excluding carboxylic acids is 2. The van der Waals surface area contributed by atoms with Gasteiger partial charge in [-0.25, -0.2) is 0 Å². The van der Waals surface area contributed by atoms with Gasteiger partial charge in [-0.1, -0.05) is 42.5 Å². The van der Waals surface area contributed by atoms with Crippen LogP contribution in [0.15, 0.2) is 60.7 Å². The second-order valence-corrected chi connectivity index (χ2v) is 5.75. The molecule has 0 saturated heterocycles. The predicted molar refractivity (Wildman–Crippen MR) is 96.6 cm³/mol. The molecule has 4 N–H and O–H groups in total. The monoisotopic (exact) mass is 334 g/mol. The van der Waals surface area contributed by atoms with Crippen molar-refractivity contribution in [2.75, 3.05) is 6.54 Å². The van der Waals surface area contributed by atoms with Crippen molar-refractivity contribution in [3.8, 4) is 5.75 Å². The van der Waals surface area contributed by atoms with Crippen LogP contribution < -0.4 is 11.1 Å². The highest BCUT2D eigenvalue weighted by Crippen LogP contribution is 2.26. The molecule has 0 unspecified atom stereocenters. The molecule has 3 aromatic carbocycles. The maximum atomic E-state index is 12.5. The Labute approximate surface area is 145 Å². The first kappa shape index (κ1) is 16.5. The number of nitrogens with one attached hydrogen (secondary N) is 1. The minimum absolute atomic E-state index is 0.0108. The molecule has 0 aliphatic heterocycles. The van der Waals surface area contributed by atoms with Crippen LogP contribution in [0.25, 0.3) is 10.8 Å². The first-order valence-electron chi connectivity index (χ1n) is 7.94. The maximum Gasteiger partial charge on any atom is 0.252 e. The number of phenolic OH excluding ortho intramolecular Hbond substituents is 1. The third-order valence-corrected chi connectivity index (χ3v) is 4.04. The van der Waals surface area contributed by atoms with Gasteiger partial charge in [0, 0.05) is 6.54 Å². The van der Waals surface area contributed by atoms with Crippen LogP contribution >= 0.6 is 0 Å². The molecule has 0 atom stereocenters. The number of carbonyl (C=O) groups is 2. The normalized spacial score (nSPS) is 10.6. The zero-order valence-corrected chi connectivity index (χ0v) is 13.5. The molecule has 0 saturated carbocycles. The Hall–Kier alpha value is -3.34. The predicted octanol–water partition coefficient (Wildman–Crippen LogP) is 2.62. The van der Waals surface area contributed by atoms with E-state index in [2.05, 4.69) is 5.32 Å². The van der Waals surface area contributed by atoms with Gasteiger partial charge in [0.1, 0.15) is 5.75 Å². The summed E-state index contributed by atoms with van der Waals surface area (Å²) in [6.45, 7) is 0.444. The van der Waals surface area contributed by atoms with Crippen LogP contribution in [0.4, 0.5) is 0 Å². The number of amides is 2. The van der Waals surface area contributed by atoms with E-state index < -0.39 is 5.91 Å². The van der Waals surface area contributed by atoms with Crippen molar-refractivity contribution in [1.82, 2.24) is 5.32 Å². The lowest BCUT2D eigenvalue weighted by Gasteiger charge is -2.11. The summed E-state index contributed by atoms with van der Waals surface area (Å²) in [7, 11) is 0. The maximum absolute atomic E-state index is 12.5. The van der Waals surface area contributed by atoms with Crippen molar-refractivity contribution in [3.05, 3.63) is 77.4 Å². The average molecular weight is 334 g/mol. The van der Waals surface area contributed by atoms with Crippen molar-refractivity contribution >= 4 is 22.6 Å². The number of fused-ring (bicyclic) bond motifs is 1. The third-order valence-electron chi connectivity index (χ3n) is 4.04. The van der Waals surface area contributed by atoms with E-state index in [1.54, 1.807) is 18.2 Å². The topological polar surface area (TPSA) is 92.4 Å². The van der Waals surface area contributed by atoms with Gasteiger partial charge in [0.05, 0.1) is 11.1 Å². The van der Waals surface area contributed by atoms with Gasteiger partial charge in [0.25, 0.3) is 5.91 Å². The van der Waals surface area contributed by atoms with Crippen molar-refractivity contribution in [1.29, 1.82) is 0 Å². The first-order valence-corrected chi connectivity index (χ1v) is 7.94. The summed E-state index contributed by atoms with van der Waals surface area (Å²) in [5, 5.41) is 13.7. The second kappa shape index (κ2) is 7.05. The lowest BCUT2D eigenvalue weighted by Crippen LogP contribution is -2.28. The van der Waals surface area contributed by atoms with E-state index in [0.29, 0.717) is 18.4 Å². The Morgan fingerprint density at radius 2 is 1.72 bits per heavy atom. The highest BCUT2D eigenvalue weighted by Gasteiger charge is 2.18. The molecule has 0 bridgehead atoms. The molecule has 2 amide bonds. The van der Waals surface area contributed by atoms with Gasteiger partial charge in [0.15, 0.2) is 0 Å². The molecule has 0 aliphatic rings. The molecule has 5 heteroatoms. The summed E-state index contributed by atoms with van der Waals surface area (Å²) in [6.07, 6.45) is 0.687. The molecule has 0 fully saturated rings. The largest absolute Gasteiger partial charge is 0.508 e. The Balaban J connectivity index is 1.85. The van der Waals surface area contributed by atoms with E-state index in [0.717, 1.165) is 10.9 Å². The Morgan fingerprint density at radius 1 is 1.00 bits per heavy atom. The number of rotatable bonds is 5. The van der Waals surface area contributed by atoms with E-state index in [4.69, 9.17) is 5.73 Å². The van der Waals surface area contributed by atoms with Crippen LogP contribution in [0.2, 0.25) is 0 Å². The number of benzene rings is 3. The number of hydrogen-bond donors (Lipinski definition) is 3. The third kappa shape index (κ3) is 3.61. The molecule has 0 radical (unpaired) electrons. The summed E-state index contributed by atoms with van der Waals surface area (Å²) < 4.78 is 0. The fourth-order valence-corrected chi connectivity index (χ4v) is 2.82. The molecule has 3 rings (SSSR count). The van der Waals surface area contributed by atoms with Crippen molar-refractivity contribution in [2.24, 2.45) is 5.73 Å². The van der Waals surface area contributed by atoms with Gasteiger partial charge < -0.3 is 16.2 Å². The standard InChI is InChI=1S/C20H18N2O3/c21-19(24)18-16(9-7-14-6-8-15(23)12-17(14)18)20(25)22-11-10-13-4-2-1-3-5-13/h1-9,12,23H,10-11H2,(H2,21,24)(H,22,25). The first-order chi connectivity index (χ1) is 12.1. The number of hydrogen-bond acceptors (Lipinski definition) is 3. The van der Waals surface area contributed by atoms with Crippen molar-refractivity contribution in [2.45, 2.75) is 6.42 Å². The molecular formula is C20H18N2O3. The van der Waals surface area contributed by atoms with Crippen LogP contribution in [0.3, 0.4) is 0 Å². The van der Waals surface area contributed by atoms with E-state index in [-0.39, 0.29) is 22.8 Å². The van der Waals surface area contributed by atoms with Crippen LogP contribution in [0.1, 0.15) is 26.3 Å². The fraction of sp³-hybridized carbons (Fsp3) is 0.100. The van der Waals surface area contributed by atoms with Crippen molar-refractivity contribution < 1.29 is 14.7 Å². The second-order valence-electron chi connectivity index (χ2n) is 5.75. The van der Waals surface area contributed by atoms with Crippen LogP contribution in [0.5, 0.6) is 5.75 Å². The quantitative estimate of drug-likeness (QED) is 0.669. The SMILES string of the molecule is NC(=O)c1c(C(=O)NCCc2ccccc2)ccc2ccc(O)cc12. The zero-order chi connectivity index (χ0) is 17.8. The van der Waals surface area contributed by atoms with Gasteiger partial charge in [-0.3, -0.25) is 9.59 Å². The summed E-state index contributed by atoms with van der Waals surface area (Å²) >= 11 is 0. The molecule has 126 valence electrons. The molecule has 0 spiro atoms. The Morgan fingerprint density at radius 3 is 2.44 bits per heavy atom. The van der Waals surface area contributed by atoms with Gasteiger partial charge in [-0.15, -0.1) is 0 Å². The zero-order valence-electron chi connectivity index (χ0n) is 13.5. The number of phenols is 1. The van der Waals surface area contributed by atoms with E-state index in [1.165, 1.54) is 12.1 Å².